The summed E-state index contributed by atoms with van der Waals surface area (Å²) in [5, 5.41) is 14.6. The minimum Gasteiger partial charge on any atom is -0.382 e. The Morgan fingerprint density at radius 3 is 2.30 bits per heavy atom. The number of rotatable bonds is 7. The fourth-order valence-corrected chi connectivity index (χ4v) is 1.60. The van der Waals surface area contributed by atoms with Crippen molar-refractivity contribution >= 4 is 11.6 Å². The van der Waals surface area contributed by atoms with Crippen LogP contribution in [0, 0.1) is 0 Å². The van der Waals surface area contributed by atoms with Crippen LogP contribution >= 0.6 is 0 Å². The maximum atomic E-state index is 12.2. The van der Waals surface area contributed by atoms with Crippen molar-refractivity contribution in [3.8, 4) is 0 Å². The lowest BCUT2D eigenvalue weighted by Gasteiger charge is -2.18. The zero-order valence-corrected chi connectivity index (χ0v) is 11.5. The van der Waals surface area contributed by atoms with Gasteiger partial charge in [0, 0.05) is 12.1 Å². The molecule has 1 heterocycles. The van der Waals surface area contributed by atoms with E-state index in [0.717, 1.165) is 6.42 Å². The van der Waals surface area contributed by atoms with E-state index in [0.29, 0.717) is 30.2 Å². The first-order valence-electron chi connectivity index (χ1n) is 6.46. The van der Waals surface area contributed by atoms with Crippen molar-refractivity contribution in [1.29, 1.82) is 0 Å². The highest BCUT2D eigenvalue weighted by molar-refractivity contribution is 5.57. The minimum atomic E-state index is -4.64. The molecule has 0 fully saturated rings. The highest BCUT2D eigenvalue weighted by Crippen LogP contribution is 2.23. The van der Waals surface area contributed by atoms with Crippen molar-refractivity contribution in [3.05, 3.63) is 11.9 Å². The Hall–Kier alpha value is -1.57. The molecule has 0 radical (unpaired) electrons. The molecule has 1 aromatic rings. The predicted octanol–water partition coefficient (Wildman–Crippen LogP) is 2.20. The fourth-order valence-electron chi connectivity index (χ4n) is 1.60. The molecule has 1 atom stereocenters. The van der Waals surface area contributed by atoms with Crippen molar-refractivity contribution in [3.63, 3.8) is 0 Å². The van der Waals surface area contributed by atoms with E-state index in [2.05, 4.69) is 20.6 Å². The second-order valence-corrected chi connectivity index (χ2v) is 4.27. The monoisotopic (exact) mass is 292 g/mol. The lowest BCUT2D eigenvalue weighted by atomic mass is 10.2. The van der Waals surface area contributed by atoms with E-state index in [-0.39, 0.29) is 0 Å². The molecule has 0 amide bonds. The summed E-state index contributed by atoms with van der Waals surface area (Å²) in [6.07, 6.45) is -4.32. The second-order valence-electron chi connectivity index (χ2n) is 4.27. The van der Waals surface area contributed by atoms with Crippen molar-refractivity contribution in [2.45, 2.75) is 39.0 Å². The summed E-state index contributed by atoms with van der Waals surface area (Å²) in [7, 11) is 0. The van der Waals surface area contributed by atoms with E-state index in [1.54, 1.807) is 0 Å². The number of nitrogens with one attached hydrogen (secondary N) is 2. The van der Waals surface area contributed by atoms with Crippen LogP contribution in [0.4, 0.5) is 24.8 Å². The lowest BCUT2D eigenvalue weighted by molar-refractivity contribution is -0.198. The smallest absolute Gasteiger partial charge is 0.382 e. The molecule has 3 N–H and O–H groups in total. The summed E-state index contributed by atoms with van der Waals surface area (Å²) in [6.45, 7) is 3.94. The molecule has 1 aromatic heterocycles. The quantitative estimate of drug-likeness (QED) is 0.718. The van der Waals surface area contributed by atoms with Crippen LogP contribution in [0.3, 0.4) is 0 Å². The van der Waals surface area contributed by atoms with Gasteiger partial charge in [-0.15, -0.1) is 0 Å². The summed E-state index contributed by atoms with van der Waals surface area (Å²) < 4.78 is 36.7. The molecular weight excluding hydrogens is 273 g/mol. The molecule has 5 nitrogen and oxygen atoms in total. The Morgan fingerprint density at radius 1 is 1.20 bits per heavy atom. The van der Waals surface area contributed by atoms with E-state index < -0.39 is 18.8 Å². The molecule has 1 unspecified atom stereocenters. The zero-order chi connectivity index (χ0) is 15.2. The van der Waals surface area contributed by atoms with Crippen LogP contribution in [0.2, 0.25) is 0 Å². The molecule has 0 aliphatic carbocycles. The second kappa shape index (κ2) is 7.28. The molecule has 0 bridgehead atoms. The Bertz CT molecular complexity index is 426. The number of alkyl halides is 3. The van der Waals surface area contributed by atoms with E-state index in [1.165, 1.54) is 6.33 Å². The molecular formula is C12H19F3N4O. The van der Waals surface area contributed by atoms with Crippen LogP contribution < -0.4 is 10.6 Å². The van der Waals surface area contributed by atoms with Crippen LogP contribution in [-0.2, 0) is 6.42 Å². The van der Waals surface area contributed by atoms with Gasteiger partial charge >= 0.3 is 6.18 Å². The van der Waals surface area contributed by atoms with Crippen LogP contribution in [0.15, 0.2) is 6.33 Å². The van der Waals surface area contributed by atoms with Crippen LogP contribution in [0.25, 0.3) is 0 Å². The van der Waals surface area contributed by atoms with Gasteiger partial charge < -0.3 is 15.7 Å². The molecule has 0 spiro atoms. The number of anilines is 2. The van der Waals surface area contributed by atoms with Gasteiger partial charge in [-0.3, -0.25) is 0 Å². The number of aliphatic hydroxyl groups excluding tert-OH is 1. The molecule has 0 aromatic carbocycles. The molecule has 20 heavy (non-hydrogen) atoms. The van der Waals surface area contributed by atoms with Crippen molar-refractivity contribution in [2.75, 3.05) is 23.7 Å². The summed E-state index contributed by atoms with van der Waals surface area (Å²) in [6, 6.07) is 0. The Labute approximate surface area is 115 Å². The van der Waals surface area contributed by atoms with Gasteiger partial charge in [0.1, 0.15) is 18.0 Å². The predicted molar refractivity (Wildman–Crippen MR) is 70.7 cm³/mol. The number of hydrogen-bond acceptors (Lipinski definition) is 5. The van der Waals surface area contributed by atoms with Gasteiger partial charge in [0.05, 0.1) is 6.54 Å². The van der Waals surface area contributed by atoms with Gasteiger partial charge in [-0.2, -0.15) is 13.2 Å². The largest absolute Gasteiger partial charge is 0.416 e. The third-order valence-electron chi connectivity index (χ3n) is 2.68. The van der Waals surface area contributed by atoms with Crippen molar-refractivity contribution < 1.29 is 18.3 Å². The zero-order valence-electron chi connectivity index (χ0n) is 11.5. The summed E-state index contributed by atoms with van der Waals surface area (Å²) in [5.41, 5.74) is 0.704. The lowest BCUT2D eigenvalue weighted by Crippen LogP contribution is -2.35. The van der Waals surface area contributed by atoms with Crippen molar-refractivity contribution in [2.24, 2.45) is 0 Å². The topological polar surface area (TPSA) is 70.1 Å². The van der Waals surface area contributed by atoms with Gasteiger partial charge in [0.2, 0.25) is 0 Å². The first-order chi connectivity index (χ1) is 9.40. The van der Waals surface area contributed by atoms with Crippen LogP contribution in [-0.4, -0.2) is 40.4 Å². The molecule has 0 aliphatic rings. The van der Waals surface area contributed by atoms with Gasteiger partial charge in [-0.25, -0.2) is 9.97 Å². The van der Waals surface area contributed by atoms with Gasteiger partial charge in [0.25, 0.3) is 0 Å². The summed E-state index contributed by atoms with van der Waals surface area (Å²) in [4.78, 5) is 8.01. The molecule has 0 saturated carbocycles. The SMILES string of the molecule is CCCNc1ncnc(NCC(O)C(F)(F)F)c1CC. The molecule has 0 aliphatic heterocycles. The van der Waals surface area contributed by atoms with Crippen LogP contribution in [0.5, 0.6) is 0 Å². The number of halogens is 3. The molecule has 114 valence electrons. The molecule has 0 saturated heterocycles. The third kappa shape index (κ3) is 4.52. The number of aromatic nitrogens is 2. The highest BCUT2D eigenvalue weighted by atomic mass is 19.4. The minimum absolute atomic E-state index is 0.310. The average molecular weight is 292 g/mol. The Kier molecular flexibility index (Phi) is 6.00. The van der Waals surface area contributed by atoms with E-state index in [1.807, 2.05) is 13.8 Å². The first-order valence-corrected chi connectivity index (χ1v) is 6.46. The highest BCUT2D eigenvalue weighted by Gasteiger charge is 2.38. The van der Waals surface area contributed by atoms with Gasteiger partial charge in [-0.1, -0.05) is 13.8 Å². The number of nitrogens with zero attached hydrogens (tertiary/aromatic N) is 2. The van der Waals surface area contributed by atoms with Crippen LogP contribution in [0.1, 0.15) is 25.8 Å². The number of hydrogen-bond donors (Lipinski definition) is 3. The molecule has 1 rings (SSSR count). The standard InChI is InChI=1S/C12H19F3N4O/c1-3-5-16-10-8(4-2)11(19-7-18-10)17-6-9(20)12(13,14)15/h7,9,20H,3-6H2,1-2H3,(H2,16,17,18,19). The Morgan fingerprint density at radius 2 is 1.80 bits per heavy atom. The average Bonchev–Trinajstić information content (AvgIpc) is 2.41. The summed E-state index contributed by atoms with van der Waals surface area (Å²) >= 11 is 0. The van der Waals surface area contributed by atoms with E-state index in [4.69, 9.17) is 5.11 Å². The van der Waals surface area contributed by atoms with Crippen molar-refractivity contribution in [1.82, 2.24) is 9.97 Å². The van der Waals surface area contributed by atoms with E-state index >= 15 is 0 Å². The third-order valence-corrected chi connectivity index (χ3v) is 2.68. The fraction of sp³-hybridized carbons (Fsp3) is 0.667. The van der Waals surface area contributed by atoms with E-state index in [9.17, 15) is 13.2 Å². The maximum Gasteiger partial charge on any atom is 0.416 e. The first kappa shape index (κ1) is 16.5. The maximum absolute atomic E-state index is 12.2. The Balaban J connectivity index is 2.79. The number of aliphatic hydroxyl groups is 1. The van der Waals surface area contributed by atoms with Gasteiger partial charge in [0.15, 0.2) is 6.10 Å². The molecule has 8 heteroatoms. The normalized spacial score (nSPS) is 13.1. The summed E-state index contributed by atoms with van der Waals surface area (Å²) in [5.74, 6) is 0.915. The van der Waals surface area contributed by atoms with Gasteiger partial charge in [-0.05, 0) is 12.8 Å².